The maximum absolute atomic E-state index is 12.3. The SMILES string of the molecule is COc1ccc2cc(OCC3CCN(C(=O)OCc4cc(C(N)=O)no4)C3)ccc2c1. The molecule has 1 saturated heterocycles. The Labute approximate surface area is 178 Å². The lowest BCUT2D eigenvalue weighted by atomic mass is 10.1. The monoisotopic (exact) mass is 425 g/mol. The van der Waals surface area contributed by atoms with Gasteiger partial charge in [0, 0.05) is 25.1 Å². The van der Waals surface area contributed by atoms with Crippen molar-refractivity contribution < 1.29 is 28.3 Å². The summed E-state index contributed by atoms with van der Waals surface area (Å²) in [6.07, 6.45) is 0.382. The average molecular weight is 425 g/mol. The second-order valence-corrected chi connectivity index (χ2v) is 7.38. The van der Waals surface area contributed by atoms with Crippen molar-refractivity contribution >= 4 is 22.8 Å². The van der Waals surface area contributed by atoms with Gasteiger partial charge in [-0.15, -0.1) is 0 Å². The number of benzene rings is 2. The number of primary amides is 1. The highest BCUT2D eigenvalue weighted by Crippen LogP contribution is 2.26. The Morgan fingerprint density at radius 2 is 1.90 bits per heavy atom. The predicted octanol–water partition coefficient (Wildman–Crippen LogP) is 2.97. The van der Waals surface area contributed by atoms with Crippen LogP contribution in [-0.2, 0) is 11.3 Å². The Morgan fingerprint density at radius 3 is 2.61 bits per heavy atom. The van der Waals surface area contributed by atoms with Crippen LogP contribution in [0.3, 0.4) is 0 Å². The minimum atomic E-state index is -0.699. The van der Waals surface area contributed by atoms with E-state index in [1.807, 2.05) is 36.4 Å². The van der Waals surface area contributed by atoms with E-state index in [0.717, 1.165) is 28.7 Å². The number of aromatic nitrogens is 1. The number of nitrogens with zero attached hydrogens (tertiary/aromatic N) is 2. The lowest BCUT2D eigenvalue weighted by Crippen LogP contribution is -2.30. The number of fused-ring (bicyclic) bond motifs is 1. The fourth-order valence-corrected chi connectivity index (χ4v) is 3.49. The molecule has 1 unspecified atom stereocenters. The minimum absolute atomic E-state index is 0.00254. The van der Waals surface area contributed by atoms with Gasteiger partial charge in [0.05, 0.1) is 13.7 Å². The lowest BCUT2D eigenvalue weighted by Gasteiger charge is -2.16. The molecule has 0 spiro atoms. The summed E-state index contributed by atoms with van der Waals surface area (Å²) in [6, 6.07) is 13.2. The molecule has 0 radical (unpaired) electrons. The van der Waals surface area contributed by atoms with Crippen LogP contribution in [0.4, 0.5) is 4.79 Å². The number of carbonyl (C=O) groups is 2. The summed E-state index contributed by atoms with van der Waals surface area (Å²) in [6.45, 7) is 1.54. The number of carbonyl (C=O) groups excluding carboxylic acids is 2. The number of hydrogen-bond donors (Lipinski definition) is 1. The van der Waals surface area contributed by atoms with Gasteiger partial charge in [0.1, 0.15) is 11.5 Å². The third-order valence-corrected chi connectivity index (χ3v) is 5.20. The second kappa shape index (κ2) is 8.95. The highest BCUT2D eigenvalue weighted by atomic mass is 16.6. The number of likely N-dealkylation sites (tertiary alicyclic amines) is 1. The van der Waals surface area contributed by atoms with E-state index in [-0.39, 0.29) is 24.0 Å². The van der Waals surface area contributed by atoms with Crippen LogP contribution in [0.2, 0.25) is 0 Å². The van der Waals surface area contributed by atoms with Crippen LogP contribution < -0.4 is 15.2 Å². The summed E-state index contributed by atoms with van der Waals surface area (Å²) in [5, 5.41) is 5.66. The van der Waals surface area contributed by atoms with Crippen molar-refractivity contribution in [3.8, 4) is 11.5 Å². The van der Waals surface area contributed by atoms with Gasteiger partial charge in [-0.25, -0.2) is 4.79 Å². The third kappa shape index (κ3) is 4.88. The number of amides is 2. The number of nitrogens with two attached hydrogens (primary N) is 1. The molecule has 4 rings (SSSR count). The molecular weight excluding hydrogens is 402 g/mol. The number of ether oxygens (including phenoxy) is 3. The van der Waals surface area contributed by atoms with Gasteiger partial charge in [0.15, 0.2) is 18.1 Å². The van der Waals surface area contributed by atoms with Crippen LogP contribution in [0, 0.1) is 5.92 Å². The van der Waals surface area contributed by atoms with Gasteiger partial charge >= 0.3 is 6.09 Å². The quantitative estimate of drug-likeness (QED) is 0.618. The van der Waals surface area contributed by atoms with E-state index in [4.69, 9.17) is 24.5 Å². The van der Waals surface area contributed by atoms with E-state index in [0.29, 0.717) is 19.7 Å². The smallest absolute Gasteiger partial charge is 0.410 e. The molecule has 0 bridgehead atoms. The number of rotatable bonds is 7. The summed E-state index contributed by atoms with van der Waals surface area (Å²) >= 11 is 0. The van der Waals surface area contributed by atoms with Crippen molar-refractivity contribution in [3.05, 3.63) is 53.9 Å². The van der Waals surface area contributed by atoms with Gasteiger partial charge < -0.3 is 29.4 Å². The fourth-order valence-electron chi connectivity index (χ4n) is 3.49. The standard InChI is InChI=1S/C22H23N3O6/c1-28-17-4-2-16-9-18(5-3-15(16)8-17)29-12-14-6-7-25(11-14)22(27)30-13-19-10-20(21(23)26)24-31-19/h2-5,8-10,14H,6-7,11-13H2,1H3,(H2,23,26). The van der Waals surface area contributed by atoms with Gasteiger partial charge in [-0.2, -0.15) is 0 Å². The van der Waals surface area contributed by atoms with E-state index < -0.39 is 12.0 Å². The van der Waals surface area contributed by atoms with Gasteiger partial charge in [0.2, 0.25) is 0 Å². The maximum atomic E-state index is 12.3. The zero-order valence-electron chi connectivity index (χ0n) is 17.1. The molecule has 1 atom stereocenters. The molecule has 2 amide bonds. The first-order valence-corrected chi connectivity index (χ1v) is 9.89. The maximum Gasteiger partial charge on any atom is 0.410 e. The Morgan fingerprint density at radius 1 is 1.16 bits per heavy atom. The van der Waals surface area contributed by atoms with Crippen LogP contribution in [0.25, 0.3) is 10.8 Å². The molecule has 162 valence electrons. The lowest BCUT2D eigenvalue weighted by molar-refractivity contribution is 0.0924. The zero-order valence-corrected chi connectivity index (χ0v) is 17.1. The van der Waals surface area contributed by atoms with Crippen molar-refractivity contribution in [1.82, 2.24) is 10.1 Å². The van der Waals surface area contributed by atoms with Crippen molar-refractivity contribution in [1.29, 1.82) is 0 Å². The summed E-state index contributed by atoms with van der Waals surface area (Å²) < 4.78 is 21.4. The molecule has 2 N–H and O–H groups in total. The van der Waals surface area contributed by atoms with Crippen molar-refractivity contribution in [2.24, 2.45) is 11.7 Å². The first-order valence-electron chi connectivity index (χ1n) is 9.89. The molecule has 31 heavy (non-hydrogen) atoms. The van der Waals surface area contributed by atoms with Crippen LogP contribution >= 0.6 is 0 Å². The normalized spacial score (nSPS) is 15.8. The second-order valence-electron chi connectivity index (χ2n) is 7.38. The molecular formula is C22H23N3O6. The Kier molecular flexibility index (Phi) is 5.92. The summed E-state index contributed by atoms with van der Waals surface area (Å²) in [7, 11) is 1.65. The number of methoxy groups -OCH3 is 1. The highest BCUT2D eigenvalue weighted by molar-refractivity contribution is 5.90. The average Bonchev–Trinajstić information content (AvgIpc) is 3.45. The van der Waals surface area contributed by atoms with Crippen molar-refractivity contribution in [2.45, 2.75) is 13.0 Å². The summed E-state index contributed by atoms with van der Waals surface area (Å²) in [5.41, 5.74) is 5.11. The molecule has 1 fully saturated rings. The van der Waals surface area contributed by atoms with E-state index in [1.54, 1.807) is 12.0 Å². The summed E-state index contributed by atoms with van der Waals surface area (Å²) in [4.78, 5) is 24.9. The molecule has 1 aliphatic heterocycles. The van der Waals surface area contributed by atoms with Gasteiger partial charge in [-0.05, 0) is 41.5 Å². The van der Waals surface area contributed by atoms with Crippen LogP contribution in [0.5, 0.6) is 11.5 Å². The van der Waals surface area contributed by atoms with Crippen molar-refractivity contribution in [3.63, 3.8) is 0 Å². The Balaban J connectivity index is 1.25. The number of hydrogen-bond acceptors (Lipinski definition) is 7. The topological polar surface area (TPSA) is 117 Å². The van der Waals surface area contributed by atoms with Crippen LogP contribution in [0.15, 0.2) is 47.0 Å². The molecule has 2 aromatic carbocycles. The first kappa shape index (κ1) is 20.5. The Bertz CT molecular complexity index is 1100. The fraction of sp³-hybridized carbons (Fsp3) is 0.318. The van der Waals surface area contributed by atoms with E-state index in [2.05, 4.69) is 5.16 Å². The zero-order chi connectivity index (χ0) is 21.8. The third-order valence-electron chi connectivity index (χ3n) is 5.20. The predicted molar refractivity (Wildman–Crippen MR) is 111 cm³/mol. The van der Waals surface area contributed by atoms with E-state index in [9.17, 15) is 9.59 Å². The molecule has 3 aromatic rings. The van der Waals surface area contributed by atoms with Crippen molar-refractivity contribution in [2.75, 3.05) is 26.8 Å². The molecule has 0 aliphatic carbocycles. The molecule has 9 heteroatoms. The largest absolute Gasteiger partial charge is 0.497 e. The molecule has 0 saturated carbocycles. The molecule has 1 aromatic heterocycles. The van der Waals surface area contributed by atoms with Crippen LogP contribution in [0.1, 0.15) is 22.7 Å². The van der Waals surface area contributed by atoms with E-state index in [1.165, 1.54) is 6.07 Å². The summed E-state index contributed by atoms with van der Waals surface area (Å²) in [5.74, 6) is 1.38. The van der Waals surface area contributed by atoms with Crippen LogP contribution in [-0.4, -0.2) is 48.9 Å². The first-order chi connectivity index (χ1) is 15.0. The van der Waals surface area contributed by atoms with Gasteiger partial charge in [-0.1, -0.05) is 17.3 Å². The van der Waals surface area contributed by atoms with Gasteiger partial charge in [-0.3, -0.25) is 4.79 Å². The highest BCUT2D eigenvalue weighted by Gasteiger charge is 2.28. The molecule has 9 nitrogen and oxygen atoms in total. The van der Waals surface area contributed by atoms with E-state index >= 15 is 0 Å². The molecule has 2 heterocycles. The minimum Gasteiger partial charge on any atom is -0.497 e. The molecule has 1 aliphatic rings. The van der Waals surface area contributed by atoms with Gasteiger partial charge in [0.25, 0.3) is 5.91 Å². The Hall–Kier alpha value is -3.75.